The number of aryl methyl sites for hydroxylation is 2. The van der Waals surface area contributed by atoms with Gasteiger partial charge < -0.3 is 19.6 Å². The maximum Gasteiger partial charge on any atom is 0.295 e. The van der Waals surface area contributed by atoms with E-state index in [9.17, 15) is 14.7 Å². The Morgan fingerprint density at radius 2 is 1.71 bits per heavy atom. The maximum absolute atomic E-state index is 13.3. The van der Waals surface area contributed by atoms with Crippen molar-refractivity contribution in [2.24, 2.45) is 0 Å². The van der Waals surface area contributed by atoms with Crippen molar-refractivity contribution in [3.63, 3.8) is 0 Å². The van der Waals surface area contributed by atoms with E-state index in [1.165, 1.54) is 0 Å². The largest absolute Gasteiger partial charge is 0.507 e. The van der Waals surface area contributed by atoms with Crippen LogP contribution in [0.4, 0.5) is 0 Å². The Morgan fingerprint density at radius 1 is 1.03 bits per heavy atom. The van der Waals surface area contributed by atoms with Crippen molar-refractivity contribution < 1.29 is 19.4 Å². The summed E-state index contributed by atoms with van der Waals surface area (Å²) in [5.74, 6) is -0.606. The highest BCUT2D eigenvalue weighted by atomic mass is 16.5. The van der Waals surface area contributed by atoms with Crippen molar-refractivity contribution in [1.29, 1.82) is 0 Å². The molecule has 1 unspecified atom stereocenters. The average molecular weight is 465 g/mol. The molecule has 0 radical (unpaired) electrons. The van der Waals surface area contributed by atoms with Crippen molar-refractivity contribution >= 4 is 17.4 Å². The highest BCUT2D eigenvalue weighted by Gasteiger charge is 2.46. The molecule has 1 aliphatic heterocycles. The number of amides is 1. The maximum atomic E-state index is 13.3. The van der Waals surface area contributed by atoms with Gasteiger partial charge in [-0.05, 0) is 62.7 Å². The Morgan fingerprint density at radius 3 is 2.32 bits per heavy atom. The van der Waals surface area contributed by atoms with E-state index in [-0.39, 0.29) is 11.3 Å². The zero-order valence-corrected chi connectivity index (χ0v) is 20.9. The van der Waals surface area contributed by atoms with Crippen LogP contribution in [0.15, 0.2) is 48.0 Å². The molecule has 2 aromatic carbocycles. The second kappa shape index (κ2) is 11.3. The Balaban J connectivity index is 2.09. The lowest BCUT2D eigenvalue weighted by molar-refractivity contribution is -0.140. The van der Waals surface area contributed by atoms with Gasteiger partial charge in [-0.15, -0.1) is 0 Å². The van der Waals surface area contributed by atoms with Crippen molar-refractivity contribution in [2.75, 3.05) is 32.8 Å². The number of ketones is 1. The number of Topliss-reactive ketones (excluding diaryl/α,β-unsaturated/α-hetero) is 1. The van der Waals surface area contributed by atoms with E-state index in [4.69, 9.17) is 4.74 Å². The number of likely N-dealkylation sites (tertiary alicyclic amines) is 1. The van der Waals surface area contributed by atoms with Crippen molar-refractivity contribution in [2.45, 2.75) is 47.1 Å². The first-order valence-corrected chi connectivity index (χ1v) is 12.1. The Kier molecular flexibility index (Phi) is 8.51. The molecular formula is C28H36N2O4. The van der Waals surface area contributed by atoms with Crippen LogP contribution in [0.2, 0.25) is 0 Å². The molecule has 1 N–H and O–H groups in total. The van der Waals surface area contributed by atoms with Crippen LogP contribution in [-0.4, -0.2) is 59.4 Å². The molecule has 1 heterocycles. The fourth-order valence-corrected chi connectivity index (χ4v) is 4.35. The van der Waals surface area contributed by atoms with Crippen LogP contribution in [-0.2, 0) is 9.59 Å². The number of benzene rings is 2. The molecule has 1 atom stereocenters. The molecule has 1 fully saturated rings. The Hall–Kier alpha value is -3.12. The summed E-state index contributed by atoms with van der Waals surface area (Å²) in [7, 11) is 0. The molecule has 6 nitrogen and oxygen atoms in total. The summed E-state index contributed by atoms with van der Waals surface area (Å²) in [5.41, 5.74) is 3.31. The summed E-state index contributed by atoms with van der Waals surface area (Å²) in [5, 5.41) is 11.3. The Labute approximate surface area is 202 Å². The summed E-state index contributed by atoms with van der Waals surface area (Å²) in [6, 6.07) is 12.5. The number of likely N-dealkylation sites (N-methyl/N-ethyl adjacent to an activating group) is 1. The first-order valence-electron chi connectivity index (χ1n) is 12.1. The van der Waals surface area contributed by atoms with Crippen molar-refractivity contribution in [3.8, 4) is 5.75 Å². The number of aliphatic hydroxyl groups excluding tert-OH is 1. The summed E-state index contributed by atoms with van der Waals surface area (Å²) in [6.45, 7) is 13.4. The molecule has 0 bridgehead atoms. The quantitative estimate of drug-likeness (QED) is 0.309. The first-order chi connectivity index (χ1) is 16.3. The van der Waals surface area contributed by atoms with Gasteiger partial charge in [-0.3, -0.25) is 9.59 Å². The molecular weight excluding hydrogens is 428 g/mol. The SMILES string of the molecule is CCCOc1ccc(C2C(=C(O)c3cc(C)ccc3C)C(=O)C(=O)N2CCN(CC)CC)cc1. The first kappa shape index (κ1) is 25.5. The van der Waals surface area contributed by atoms with Gasteiger partial charge in [0, 0.05) is 18.7 Å². The van der Waals surface area contributed by atoms with Gasteiger partial charge >= 0.3 is 0 Å². The van der Waals surface area contributed by atoms with Gasteiger partial charge in [0.2, 0.25) is 0 Å². The highest BCUT2D eigenvalue weighted by molar-refractivity contribution is 6.46. The normalized spacial score (nSPS) is 17.6. The molecule has 0 aliphatic carbocycles. The van der Waals surface area contributed by atoms with Crippen molar-refractivity contribution in [3.05, 3.63) is 70.3 Å². The summed E-state index contributed by atoms with van der Waals surface area (Å²) in [6.07, 6.45) is 0.906. The van der Waals surface area contributed by atoms with Crippen LogP contribution in [0.1, 0.15) is 55.5 Å². The minimum absolute atomic E-state index is 0.124. The van der Waals surface area contributed by atoms with Crippen LogP contribution < -0.4 is 4.74 Å². The third-order valence-corrected chi connectivity index (χ3v) is 6.41. The Bertz CT molecular complexity index is 1050. The van der Waals surface area contributed by atoms with E-state index in [2.05, 4.69) is 18.7 Å². The minimum Gasteiger partial charge on any atom is -0.507 e. The molecule has 0 aromatic heterocycles. The topological polar surface area (TPSA) is 70.1 Å². The number of nitrogens with zero attached hydrogens (tertiary/aromatic N) is 2. The van der Waals surface area contributed by atoms with Gasteiger partial charge in [-0.2, -0.15) is 0 Å². The molecule has 0 spiro atoms. The van der Waals surface area contributed by atoms with Gasteiger partial charge in [0.15, 0.2) is 0 Å². The molecule has 3 rings (SSSR count). The van der Waals surface area contributed by atoms with Crippen LogP contribution in [0, 0.1) is 13.8 Å². The number of hydrogen-bond donors (Lipinski definition) is 1. The average Bonchev–Trinajstić information content (AvgIpc) is 3.09. The summed E-state index contributed by atoms with van der Waals surface area (Å²) < 4.78 is 5.71. The molecule has 182 valence electrons. The zero-order valence-electron chi connectivity index (χ0n) is 20.9. The predicted octanol–water partition coefficient (Wildman–Crippen LogP) is 4.86. The zero-order chi connectivity index (χ0) is 24.8. The van der Waals surface area contributed by atoms with Crippen LogP contribution in [0.5, 0.6) is 5.75 Å². The molecule has 1 amide bonds. The fraction of sp³-hybridized carbons (Fsp3) is 0.429. The number of carbonyl (C=O) groups is 2. The summed E-state index contributed by atoms with van der Waals surface area (Å²) >= 11 is 0. The van der Waals surface area contributed by atoms with E-state index >= 15 is 0 Å². The van der Waals surface area contributed by atoms with Gasteiger partial charge in [0.1, 0.15) is 11.5 Å². The van der Waals surface area contributed by atoms with E-state index in [0.717, 1.165) is 42.0 Å². The molecule has 1 aliphatic rings. The van der Waals surface area contributed by atoms with Crippen molar-refractivity contribution in [1.82, 2.24) is 9.80 Å². The van der Waals surface area contributed by atoms with Gasteiger partial charge in [-0.1, -0.05) is 50.6 Å². The number of hydrogen-bond acceptors (Lipinski definition) is 5. The molecule has 1 saturated heterocycles. The van der Waals surface area contributed by atoms with Crippen LogP contribution in [0.25, 0.3) is 5.76 Å². The molecule has 6 heteroatoms. The van der Waals surface area contributed by atoms with Gasteiger partial charge in [0.05, 0.1) is 18.2 Å². The lowest BCUT2D eigenvalue weighted by atomic mass is 9.93. The molecule has 34 heavy (non-hydrogen) atoms. The predicted molar refractivity (Wildman–Crippen MR) is 135 cm³/mol. The number of carbonyl (C=O) groups excluding carboxylic acids is 2. The van der Waals surface area contributed by atoms with Gasteiger partial charge in [-0.25, -0.2) is 0 Å². The number of rotatable bonds is 10. The fourth-order valence-electron chi connectivity index (χ4n) is 4.35. The second-order valence-corrected chi connectivity index (χ2v) is 8.76. The second-order valence-electron chi connectivity index (χ2n) is 8.76. The van der Waals surface area contributed by atoms with Crippen LogP contribution >= 0.6 is 0 Å². The smallest absolute Gasteiger partial charge is 0.295 e. The number of aliphatic hydroxyl groups is 1. The summed E-state index contributed by atoms with van der Waals surface area (Å²) in [4.78, 5) is 30.2. The minimum atomic E-state index is -0.657. The third-order valence-electron chi connectivity index (χ3n) is 6.41. The lowest BCUT2D eigenvalue weighted by Gasteiger charge is -2.28. The molecule has 2 aromatic rings. The van der Waals surface area contributed by atoms with E-state index < -0.39 is 17.7 Å². The molecule has 0 saturated carbocycles. The van der Waals surface area contributed by atoms with Crippen LogP contribution in [0.3, 0.4) is 0 Å². The van der Waals surface area contributed by atoms with Gasteiger partial charge in [0.25, 0.3) is 11.7 Å². The third kappa shape index (κ3) is 5.33. The highest BCUT2D eigenvalue weighted by Crippen LogP contribution is 2.40. The number of ether oxygens (including phenoxy) is 1. The van der Waals surface area contributed by atoms with E-state index in [1.807, 2.05) is 63.2 Å². The van der Waals surface area contributed by atoms with E-state index in [0.29, 0.717) is 25.3 Å². The monoisotopic (exact) mass is 464 g/mol. The van der Waals surface area contributed by atoms with E-state index in [1.54, 1.807) is 4.90 Å². The lowest BCUT2D eigenvalue weighted by Crippen LogP contribution is -2.38. The standard InChI is InChI=1S/C28H36N2O4/c1-6-17-34-22-13-11-21(12-14-22)25-24(26(31)23-18-19(4)9-10-20(23)5)27(32)28(33)30(25)16-15-29(7-2)8-3/h9-14,18,25,31H,6-8,15-17H2,1-5H3.